The van der Waals surface area contributed by atoms with Gasteiger partial charge in [0, 0.05) is 25.4 Å². The maximum absolute atomic E-state index is 13.2. The Labute approximate surface area is 101 Å². The summed E-state index contributed by atoms with van der Waals surface area (Å²) in [5, 5.41) is 9.96. The molecule has 0 fully saturated rings. The van der Waals surface area contributed by atoms with E-state index in [0.717, 1.165) is 0 Å². The van der Waals surface area contributed by atoms with E-state index in [1.54, 1.807) is 17.1 Å². The predicted octanol–water partition coefficient (Wildman–Crippen LogP) is 1.59. The van der Waals surface area contributed by atoms with Crippen molar-refractivity contribution in [1.29, 1.82) is 0 Å². The van der Waals surface area contributed by atoms with Crippen LogP contribution in [0.1, 0.15) is 6.42 Å². The summed E-state index contributed by atoms with van der Waals surface area (Å²) in [7, 11) is 0. The minimum absolute atomic E-state index is 0.299. The smallest absolute Gasteiger partial charge is 0.251 e. The van der Waals surface area contributed by atoms with Crippen LogP contribution in [0.15, 0.2) is 18.5 Å². The topological polar surface area (TPSA) is 55.6 Å². The highest BCUT2D eigenvalue weighted by Gasteiger charge is 2.10. The lowest BCUT2D eigenvalue weighted by atomic mass is 10.4. The average molecular weight is 257 g/mol. The lowest BCUT2D eigenvalue weighted by molar-refractivity contribution is 0.466. The zero-order valence-electron chi connectivity index (χ0n) is 9.28. The van der Waals surface area contributed by atoms with Crippen LogP contribution in [0.2, 0.25) is 0 Å². The summed E-state index contributed by atoms with van der Waals surface area (Å²) in [6, 6.07) is 0.460. The van der Waals surface area contributed by atoms with Crippen molar-refractivity contribution in [3.63, 3.8) is 0 Å². The number of halogens is 3. The van der Waals surface area contributed by atoms with Crippen molar-refractivity contribution in [1.82, 2.24) is 20.0 Å². The highest BCUT2D eigenvalue weighted by Crippen LogP contribution is 2.13. The van der Waals surface area contributed by atoms with E-state index in [1.165, 1.54) is 0 Å². The number of aromatic nitrogens is 4. The molecule has 0 aliphatic rings. The Kier molecular flexibility index (Phi) is 3.75. The molecule has 0 aliphatic carbocycles. The molecule has 2 rings (SSSR count). The highest BCUT2D eigenvalue weighted by atomic mass is 19.2. The maximum Gasteiger partial charge on any atom is 0.251 e. The summed E-state index contributed by atoms with van der Waals surface area (Å²) >= 11 is 0. The fourth-order valence-corrected chi connectivity index (χ4v) is 1.37. The van der Waals surface area contributed by atoms with Crippen LogP contribution in [0, 0.1) is 17.6 Å². The molecule has 18 heavy (non-hydrogen) atoms. The highest BCUT2D eigenvalue weighted by molar-refractivity contribution is 5.35. The third-order valence-electron chi connectivity index (χ3n) is 2.22. The van der Waals surface area contributed by atoms with Crippen LogP contribution in [0.5, 0.6) is 0 Å². The first kappa shape index (κ1) is 12.3. The molecule has 2 aromatic heterocycles. The number of nitrogens with one attached hydrogen (secondary N) is 1. The Morgan fingerprint density at radius 1 is 1.22 bits per heavy atom. The van der Waals surface area contributed by atoms with E-state index < -0.39 is 17.6 Å². The van der Waals surface area contributed by atoms with E-state index >= 15 is 0 Å². The standard InChI is InChI=1S/C10H10F3N5/c11-7-6-8(12)10(16-9(7)13)14-2-1-4-18-5-3-15-17-18/h3,5-6H,1-2,4H2,(H,14,16). The van der Waals surface area contributed by atoms with Gasteiger partial charge in [0.2, 0.25) is 0 Å². The quantitative estimate of drug-likeness (QED) is 0.653. The van der Waals surface area contributed by atoms with Gasteiger partial charge in [0.1, 0.15) is 0 Å². The van der Waals surface area contributed by atoms with Crippen LogP contribution in [0.3, 0.4) is 0 Å². The largest absolute Gasteiger partial charge is 0.367 e. The van der Waals surface area contributed by atoms with Gasteiger partial charge in [0.15, 0.2) is 17.5 Å². The van der Waals surface area contributed by atoms with Gasteiger partial charge in [-0.2, -0.15) is 9.37 Å². The maximum atomic E-state index is 13.2. The van der Waals surface area contributed by atoms with Crippen molar-refractivity contribution < 1.29 is 13.2 Å². The van der Waals surface area contributed by atoms with Gasteiger partial charge in [-0.3, -0.25) is 4.68 Å². The Bertz CT molecular complexity index is 514. The fourth-order valence-electron chi connectivity index (χ4n) is 1.37. The summed E-state index contributed by atoms with van der Waals surface area (Å²) in [6.07, 6.45) is 3.85. The van der Waals surface area contributed by atoms with E-state index in [9.17, 15) is 13.2 Å². The average Bonchev–Trinajstić information content (AvgIpc) is 2.84. The first-order valence-electron chi connectivity index (χ1n) is 5.26. The SMILES string of the molecule is Fc1cc(F)c(NCCCn2ccnn2)nc1F. The normalized spacial score (nSPS) is 10.6. The molecule has 0 unspecified atom stereocenters. The number of aryl methyl sites for hydroxylation is 1. The number of nitrogens with zero attached hydrogens (tertiary/aromatic N) is 4. The number of anilines is 1. The van der Waals surface area contributed by atoms with Crippen molar-refractivity contribution in [3.05, 3.63) is 36.0 Å². The molecule has 0 spiro atoms. The van der Waals surface area contributed by atoms with E-state index in [-0.39, 0.29) is 5.82 Å². The van der Waals surface area contributed by atoms with Crippen molar-refractivity contribution in [2.24, 2.45) is 0 Å². The second kappa shape index (κ2) is 5.48. The summed E-state index contributed by atoms with van der Waals surface area (Å²) < 4.78 is 40.2. The van der Waals surface area contributed by atoms with Crippen LogP contribution in [-0.4, -0.2) is 26.5 Å². The molecule has 0 amide bonds. The molecular formula is C10H10F3N5. The zero-order valence-corrected chi connectivity index (χ0v) is 9.28. The number of rotatable bonds is 5. The number of hydrogen-bond donors (Lipinski definition) is 1. The van der Waals surface area contributed by atoms with Crippen LogP contribution < -0.4 is 5.32 Å². The van der Waals surface area contributed by atoms with Crippen molar-refractivity contribution in [2.75, 3.05) is 11.9 Å². The predicted molar refractivity (Wildman–Crippen MR) is 57.2 cm³/mol. The van der Waals surface area contributed by atoms with Crippen molar-refractivity contribution in [2.45, 2.75) is 13.0 Å². The summed E-state index contributed by atoms with van der Waals surface area (Å²) in [6.45, 7) is 0.938. The molecule has 0 radical (unpaired) electrons. The van der Waals surface area contributed by atoms with Gasteiger partial charge in [0.05, 0.1) is 6.20 Å². The minimum Gasteiger partial charge on any atom is -0.367 e. The molecule has 2 aromatic rings. The van der Waals surface area contributed by atoms with Gasteiger partial charge in [-0.15, -0.1) is 5.10 Å². The monoisotopic (exact) mass is 257 g/mol. The molecule has 0 aromatic carbocycles. The first-order valence-corrected chi connectivity index (χ1v) is 5.26. The van der Waals surface area contributed by atoms with Gasteiger partial charge in [-0.25, -0.2) is 8.78 Å². The summed E-state index contributed by atoms with van der Waals surface area (Å²) in [5.74, 6) is -3.85. The molecule has 0 saturated heterocycles. The third kappa shape index (κ3) is 2.96. The Hall–Kier alpha value is -2.12. The van der Waals surface area contributed by atoms with Crippen LogP contribution in [0.25, 0.3) is 0 Å². The van der Waals surface area contributed by atoms with Crippen LogP contribution in [0.4, 0.5) is 19.0 Å². The Morgan fingerprint density at radius 2 is 2.06 bits per heavy atom. The van der Waals surface area contributed by atoms with Crippen LogP contribution >= 0.6 is 0 Å². The van der Waals surface area contributed by atoms with Gasteiger partial charge in [-0.05, 0) is 6.42 Å². The Morgan fingerprint density at radius 3 is 2.78 bits per heavy atom. The molecule has 1 N–H and O–H groups in total. The van der Waals surface area contributed by atoms with Gasteiger partial charge < -0.3 is 5.32 Å². The molecule has 0 saturated carbocycles. The fraction of sp³-hybridized carbons (Fsp3) is 0.300. The summed E-state index contributed by atoms with van der Waals surface area (Å²) in [5.41, 5.74) is 0. The van der Waals surface area contributed by atoms with E-state index in [0.29, 0.717) is 25.6 Å². The van der Waals surface area contributed by atoms with E-state index in [4.69, 9.17) is 0 Å². The lowest BCUT2D eigenvalue weighted by Crippen LogP contribution is -2.10. The van der Waals surface area contributed by atoms with Gasteiger partial charge in [0.25, 0.3) is 5.95 Å². The van der Waals surface area contributed by atoms with Crippen molar-refractivity contribution >= 4 is 5.82 Å². The Balaban J connectivity index is 1.85. The minimum atomic E-state index is -1.32. The molecule has 96 valence electrons. The zero-order chi connectivity index (χ0) is 13.0. The molecule has 8 heteroatoms. The molecule has 2 heterocycles. The molecule has 0 aliphatic heterocycles. The molecular weight excluding hydrogens is 247 g/mol. The van der Waals surface area contributed by atoms with Crippen LogP contribution in [-0.2, 0) is 6.54 Å². The number of hydrogen-bond acceptors (Lipinski definition) is 4. The molecule has 5 nitrogen and oxygen atoms in total. The second-order valence-corrected chi connectivity index (χ2v) is 3.54. The molecule has 0 bridgehead atoms. The third-order valence-corrected chi connectivity index (χ3v) is 2.22. The lowest BCUT2D eigenvalue weighted by Gasteiger charge is -2.06. The number of pyridine rings is 1. The van der Waals surface area contributed by atoms with E-state index in [2.05, 4.69) is 20.6 Å². The first-order chi connectivity index (χ1) is 8.66. The van der Waals surface area contributed by atoms with Gasteiger partial charge >= 0.3 is 0 Å². The molecule has 0 atom stereocenters. The van der Waals surface area contributed by atoms with E-state index in [1.807, 2.05) is 0 Å². The summed E-state index contributed by atoms with van der Waals surface area (Å²) in [4.78, 5) is 3.14. The van der Waals surface area contributed by atoms with Crippen molar-refractivity contribution in [3.8, 4) is 0 Å². The second-order valence-electron chi connectivity index (χ2n) is 3.54. The van der Waals surface area contributed by atoms with Gasteiger partial charge in [-0.1, -0.05) is 5.21 Å².